The summed E-state index contributed by atoms with van der Waals surface area (Å²) in [4.78, 5) is 0. The second-order valence-electron chi connectivity index (χ2n) is 4.34. The number of aliphatic hydroxyl groups is 1. The first-order chi connectivity index (χ1) is 9.92. The van der Waals surface area contributed by atoms with Crippen LogP contribution in [0.25, 0.3) is 0 Å². The van der Waals surface area contributed by atoms with Crippen LogP contribution in [0.1, 0.15) is 24.2 Å². The molecule has 0 saturated heterocycles. The molecule has 6 heteroatoms. The summed E-state index contributed by atoms with van der Waals surface area (Å²) >= 11 is 17.9. The minimum atomic E-state index is -0.755. The largest absolute Gasteiger partial charge is 0.455 e. The molecule has 0 heterocycles. The van der Waals surface area contributed by atoms with Gasteiger partial charge in [0.25, 0.3) is 0 Å². The van der Waals surface area contributed by atoms with Crippen molar-refractivity contribution in [3.8, 4) is 17.6 Å². The van der Waals surface area contributed by atoms with E-state index in [0.29, 0.717) is 32.7 Å². The van der Waals surface area contributed by atoms with E-state index < -0.39 is 6.10 Å². The van der Waals surface area contributed by atoms with E-state index in [4.69, 9.17) is 44.8 Å². The highest BCUT2D eigenvalue weighted by Crippen LogP contribution is 2.38. The lowest BCUT2D eigenvalue weighted by Crippen LogP contribution is -1.97. The topological polar surface area (TPSA) is 53.2 Å². The van der Waals surface area contributed by atoms with E-state index in [1.165, 1.54) is 18.2 Å². The SMILES string of the molecule is C[C@@H](O)c1ccc(C#N)cc1Oc1cc(Cl)c(Cl)cc1Cl. The molecule has 0 aliphatic heterocycles. The van der Waals surface area contributed by atoms with Crippen LogP contribution in [-0.4, -0.2) is 5.11 Å². The van der Waals surface area contributed by atoms with E-state index in [9.17, 15) is 5.11 Å². The van der Waals surface area contributed by atoms with E-state index in [1.807, 2.05) is 6.07 Å². The Labute approximate surface area is 137 Å². The van der Waals surface area contributed by atoms with Crippen LogP contribution in [0, 0.1) is 11.3 Å². The highest BCUT2D eigenvalue weighted by atomic mass is 35.5. The van der Waals surface area contributed by atoms with Gasteiger partial charge in [-0.1, -0.05) is 40.9 Å². The molecular formula is C15H10Cl3NO2. The first kappa shape index (κ1) is 15.9. The maximum Gasteiger partial charge on any atom is 0.147 e. The molecule has 0 saturated carbocycles. The second-order valence-corrected chi connectivity index (χ2v) is 5.56. The van der Waals surface area contributed by atoms with Crippen LogP contribution < -0.4 is 4.74 Å². The van der Waals surface area contributed by atoms with Gasteiger partial charge in [-0.05, 0) is 25.1 Å². The van der Waals surface area contributed by atoms with Gasteiger partial charge < -0.3 is 9.84 Å². The number of rotatable bonds is 3. The van der Waals surface area contributed by atoms with Crippen molar-refractivity contribution in [2.45, 2.75) is 13.0 Å². The summed E-state index contributed by atoms with van der Waals surface area (Å²) in [5.74, 6) is 0.632. The number of benzene rings is 2. The number of halogens is 3. The van der Waals surface area contributed by atoms with E-state index >= 15 is 0 Å². The minimum Gasteiger partial charge on any atom is -0.455 e. The molecule has 0 unspecified atom stereocenters. The zero-order valence-corrected chi connectivity index (χ0v) is 13.2. The van der Waals surface area contributed by atoms with Crippen molar-refractivity contribution >= 4 is 34.8 Å². The van der Waals surface area contributed by atoms with E-state index in [-0.39, 0.29) is 5.02 Å². The fraction of sp³-hybridized carbons (Fsp3) is 0.133. The Morgan fingerprint density at radius 1 is 1.05 bits per heavy atom. The molecular weight excluding hydrogens is 333 g/mol. The van der Waals surface area contributed by atoms with Gasteiger partial charge >= 0.3 is 0 Å². The van der Waals surface area contributed by atoms with Gasteiger partial charge in [-0.15, -0.1) is 0 Å². The van der Waals surface area contributed by atoms with Crippen molar-refractivity contribution < 1.29 is 9.84 Å². The molecule has 0 aliphatic carbocycles. The van der Waals surface area contributed by atoms with Crippen molar-refractivity contribution in [3.05, 3.63) is 56.5 Å². The molecule has 0 fully saturated rings. The van der Waals surface area contributed by atoms with Crippen molar-refractivity contribution in [3.63, 3.8) is 0 Å². The van der Waals surface area contributed by atoms with Crippen LogP contribution in [0.2, 0.25) is 15.1 Å². The molecule has 0 amide bonds. The Morgan fingerprint density at radius 2 is 1.71 bits per heavy atom. The summed E-state index contributed by atoms with van der Waals surface area (Å²) in [7, 11) is 0. The van der Waals surface area contributed by atoms with Gasteiger partial charge in [0.1, 0.15) is 11.5 Å². The summed E-state index contributed by atoms with van der Waals surface area (Å²) in [6.45, 7) is 1.60. The number of nitrogens with zero attached hydrogens (tertiary/aromatic N) is 1. The third kappa shape index (κ3) is 3.61. The van der Waals surface area contributed by atoms with Gasteiger partial charge in [0.2, 0.25) is 0 Å². The summed E-state index contributed by atoms with van der Waals surface area (Å²) in [5.41, 5.74) is 0.946. The molecule has 2 rings (SSSR count). The molecule has 3 nitrogen and oxygen atoms in total. The van der Waals surface area contributed by atoms with Crippen molar-refractivity contribution in [1.29, 1.82) is 5.26 Å². The summed E-state index contributed by atoms with van der Waals surface area (Å²) in [6.07, 6.45) is -0.755. The van der Waals surface area contributed by atoms with Crippen molar-refractivity contribution in [1.82, 2.24) is 0 Å². The molecule has 2 aromatic rings. The maximum absolute atomic E-state index is 9.77. The first-order valence-corrected chi connectivity index (χ1v) is 7.10. The van der Waals surface area contributed by atoms with Crippen LogP contribution in [0.4, 0.5) is 0 Å². The summed E-state index contributed by atoms with van der Waals surface area (Å²) in [5, 5.41) is 19.6. The molecule has 0 radical (unpaired) electrons. The lowest BCUT2D eigenvalue weighted by molar-refractivity contribution is 0.195. The number of ether oxygens (including phenoxy) is 1. The predicted molar refractivity (Wildman–Crippen MR) is 83.3 cm³/mol. The molecule has 108 valence electrons. The Bertz CT molecular complexity index is 724. The van der Waals surface area contributed by atoms with E-state index in [0.717, 1.165) is 0 Å². The zero-order valence-electron chi connectivity index (χ0n) is 10.9. The standard InChI is InChI=1S/C15H10Cl3NO2/c1-8(20)10-3-2-9(7-19)4-14(10)21-15-6-12(17)11(16)5-13(15)18/h2-6,8,20H,1H3/t8-/m1/s1. The predicted octanol–water partition coefficient (Wildman–Crippen LogP) is 5.36. The van der Waals surface area contributed by atoms with Gasteiger partial charge in [0.15, 0.2) is 0 Å². The first-order valence-electron chi connectivity index (χ1n) is 5.97. The lowest BCUT2D eigenvalue weighted by Gasteiger charge is -2.15. The number of hydrogen-bond acceptors (Lipinski definition) is 3. The third-order valence-corrected chi connectivity index (χ3v) is 3.80. The second kappa shape index (κ2) is 6.55. The van der Waals surface area contributed by atoms with Crippen LogP contribution in [0.5, 0.6) is 11.5 Å². The monoisotopic (exact) mass is 341 g/mol. The Morgan fingerprint density at radius 3 is 2.33 bits per heavy atom. The van der Waals surface area contributed by atoms with Gasteiger partial charge in [-0.3, -0.25) is 0 Å². The van der Waals surface area contributed by atoms with Gasteiger partial charge in [-0.2, -0.15) is 5.26 Å². The highest BCUT2D eigenvalue weighted by Gasteiger charge is 2.14. The summed E-state index contributed by atoms with van der Waals surface area (Å²) in [6, 6.07) is 9.73. The van der Waals surface area contributed by atoms with Crippen LogP contribution in [0.3, 0.4) is 0 Å². The lowest BCUT2D eigenvalue weighted by atomic mass is 10.1. The maximum atomic E-state index is 9.77. The number of hydrogen-bond donors (Lipinski definition) is 1. The number of nitriles is 1. The van der Waals surface area contributed by atoms with Crippen LogP contribution in [0.15, 0.2) is 30.3 Å². The van der Waals surface area contributed by atoms with Crippen molar-refractivity contribution in [2.75, 3.05) is 0 Å². The zero-order chi connectivity index (χ0) is 15.6. The average molecular weight is 343 g/mol. The molecule has 0 spiro atoms. The summed E-state index contributed by atoms with van der Waals surface area (Å²) < 4.78 is 5.69. The smallest absolute Gasteiger partial charge is 0.147 e. The molecule has 1 atom stereocenters. The normalized spacial score (nSPS) is 11.8. The molecule has 1 N–H and O–H groups in total. The Kier molecular flexibility index (Phi) is 4.97. The number of aliphatic hydroxyl groups excluding tert-OH is 1. The molecule has 21 heavy (non-hydrogen) atoms. The minimum absolute atomic E-state index is 0.281. The quantitative estimate of drug-likeness (QED) is 0.763. The van der Waals surface area contributed by atoms with Gasteiger partial charge in [0.05, 0.1) is 32.8 Å². The average Bonchev–Trinajstić information content (AvgIpc) is 2.44. The molecule has 2 aromatic carbocycles. The molecule has 0 bridgehead atoms. The Balaban J connectivity index is 2.48. The Hall–Kier alpha value is -1.44. The fourth-order valence-corrected chi connectivity index (χ4v) is 2.31. The van der Waals surface area contributed by atoms with Gasteiger partial charge in [0, 0.05) is 11.6 Å². The molecule has 0 aliphatic rings. The van der Waals surface area contributed by atoms with E-state index in [2.05, 4.69) is 0 Å². The van der Waals surface area contributed by atoms with Crippen LogP contribution >= 0.6 is 34.8 Å². The molecule has 0 aromatic heterocycles. The van der Waals surface area contributed by atoms with Crippen molar-refractivity contribution in [2.24, 2.45) is 0 Å². The fourth-order valence-electron chi connectivity index (χ4n) is 1.74. The van der Waals surface area contributed by atoms with Gasteiger partial charge in [-0.25, -0.2) is 0 Å². The highest BCUT2D eigenvalue weighted by molar-refractivity contribution is 6.43. The van der Waals surface area contributed by atoms with Crippen LogP contribution in [-0.2, 0) is 0 Å². The third-order valence-electron chi connectivity index (χ3n) is 2.79. The van der Waals surface area contributed by atoms with E-state index in [1.54, 1.807) is 19.1 Å².